The Bertz CT molecular complexity index is 1020. The van der Waals surface area contributed by atoms with Crippen LogP contribution in [0.25, 0.3) is 0 Å². The summed E-state index contributed by atoms with van der Waals surface area (Å²) in [5.41, 5.74) is 4.86. The van der Waals surface area contributed by atoms with Gasteiger partial charge in [-0.2, -0.15) is 0 Å². The number of morpholine rings is 1. The smallest absolute Gasteiger partial charge is 0.186 e. The lowest BCUT2D eigenvalue weighted by Crippen LogP contribution is -2.37. The predicted octanol–water partition coefficient (Wildman–Crippen LogP) is 4.30. The summed E-state index contributed by atoms with van der Waals surface area (Å²) in [7, 11) is 5.87. The minimum Gasteiger partial charge on any atom is -0.497 e. The lowest BCUT2D eigenvalue weighted by Gasteiger charge is -2.26. The molecule has 2 aromatic carbocycles. The van der Waals surface area contributed by atoms with E-state index in [1.54, 1.807) is 18.4 Å². The third-order valence-corrected chi connectivity index (χ3v) is 6.86. The van der Waals surface area contributed by atoms with Gasteiger partial charge < -0.3 is 19.3 Å². The lowest BCUT2D eigenvalue weighted by atomic mass is 10.1. The molecular weight excluding hydrogens is 432 g/mol. The number of hydrogen-bond donors (Lipinski definition) is 0. The molecule has 0 saturated carbocycles. The van der Waals surface area contributed by atoms with Gasteiger partial charge in [-0.25, -0.2) is 4.98 Å². The fourth-order valence-electron chi connectivity index (χ4n) is 3.99. The largest absolute Gasteiger partial charge is 0.497 e. The van der Waals surface area contributed by atoms with E-state index in [0.29, 0.717) is 0 Å². The Morgan fingerprint density at radius 3 is 2.48 bits per heavy atom. The van der Waals surface area contributed by atoms with Crippen LogP contribution in [0, 0.1) is 0 Å². The van der Waals surface area contributed by atoms with Crippen LogP contribution in [0.5, 0.6) is 5.75 Å². The fourth-order valence-corrected chi connectivity index (χ4v) is 4.85. The predicted molar refractivity (Wildman–Crippen MR) is 137 cm³/mol. The van der Waals surface area contributed by atoms with Gasteiger partial charge in [0.15, 0.2) is 5.13 Å². The van der Waals surface area contributed by atoms with Crippen molar-refractivity contribution in [1.29, 1.82) is 0 Å². The first-order chi connectivity index (χ1) is 16.1. The number of aromatic nitrogens is 1. The van der Waals surface area contributed by atoms with E-state index in [1.807, 2.05) is 6.07 Å². The molecule has 0 unspecified atom stereocenters. The van der Waals surface area contributed by atoms with Crippen LogP contribution in [0.3, 0.4) is 0 Å². The summed E-state index contributed by atoms with van der Waals surface area (Å²) >= 11 is 1.73. The second-order valence-corrected chi connectivity index (χ2v) is 9.43. The Kier molecular flexibility index (Phi) is 8.20. The van der Waals surface area contributed by atoms with Crippen LogP contribution in [-0.2, 0) is 24.2 Å². The third-order valence-electron chi connectivity index (χ3n) is 5.91. The molecule has 1 aromatic heterocycles. The highest BCUT2D eigenvalue weighted by Crippen LogP contribution is 2.27. The van der Waals surface area contributed by atoms with Crippen LogP contribution >= 0.6 is 11.3 Å². The number of hydrogen-bond acceptors (Lipinski definition) is 7. The van der Waals surface area contributed by atoms with E-state index in [9.17, 15) is 0 Å². The molecule has 6 nitrogen and oxygen atoms in total. The van der Waals surface area contributed by atoms with Gasteiger partial charge in [-0.3, -0.25) is 4.90 Å². The maximum Gasteiger partial charge on any atom is 0.186 e. The number of ether oxygens (including phenoxy) is 2. The Morgan fingerprint density at radius 1 is 1.03 bits per heavy atom. The summed E-state index contributed by atoms with van der Waals surface area (Å²) in [5.74, 6) is 0.882. The highest BCUT2D eigenvalue weighted by molar-refractivity contribution is 7.13. The quantitative estimate of drug-likeness (QED) is 0.444. The highest BCUT2D eigenvalue weighted by atomic mass is 32.1. The summed E-state index contributed by atoms with van der Waals surface area (Å²) in [6, 6.07) is 17.0. The average Bonchev–Trinajstić information content (AvgIpc) is 3.32. The lowest BCUT2D eigenvalue weighted by molar-refractivity contribution is 0.0383. The normalized spacial score (nSPS) is 14.3. The maximum absolute atomic E-state index is 5.47. The number of benzene rings is 2. The topological polar surface area (TPSA) is 41.1 Å². The van der Waals surface area contributed by atoms with Gasteiger partial charge in [0.25, 0.3) is 0 Å². The van der Waals surface area contributed by atoms with Crippen molar-refractivity contribution >= 4 is 22.2 Å². The molecule has 0 N–H and O–H groups in total. The van der Waals surface area contributed by atoms with Gasteiger partial charge in [0, 0.05) is 64.3 Å². The van der Waals surface area contributed by atoms with Crippen LogP contribution in [0.1, 0.15) is 16.8 Å². The van der Waals surface area contributed by atoms with Crippen molar-refractivity contribution in [3.63, 3.8) is 0 Å². The van der Waals surface area contributed by atoms with E-state index in [1.165, 1.54) is 22.5 Å². The summed E-state index contributed by atoms with van der Waals surface area (Å²) in [5, 5.41) is 3.27. The highest BCUT2D eigenvalue weighted by Gasteiger charge is 2.16. The number of anilines is 2. The summed E-state index contributed by atoms with van der Waals surface area (Å²) in [6.45, 7) is 6.32. The zero-order valence-electron chi connectivity index (χ0n) is 19.9. The van der Waals surface area contributed by atoms with E-state index in [-0.39, 0.29) is 0 Å². The summed E-state index contributed by atoms with van der Waals surface area (Å²) in [6.07, 6.45) is 0.972. The Morgan fingerprint density at radius 2 is 1.76 bits per heavy atom. The van der Waals surface area contributed by atoms with Crippen LogP contribution in [0.15, 0.2) is 53.9 Å². The summed E-state index contributed by atoms with van der Waals surface area (Å²) in [4.78, 5) is 12.0. The number of rotatable bonds is 10. The molecular formula is C26H34N4O2S. The van der Waals surface area contributed by atoms with Crippen molar-refractivity contribution in [2.24, 2.45) is 0 Å². The molecule has 3 aromatic rings. The van der Waals surface area contributed by atoms with Crippen LogP contribution in [0.2, 0.25) is 0 Å². The van der Waals surface area contributed by atoms with Crippen molar-refractivity contribution in [2.75, 3.05) is 63.9 Å². The minimum atomic E-state index is 0.778. The molecule has 1 aliphatic rings. The van der Waals surface area contributed by atoms with Crippen molar-refractivity contribution < 1.29 is 9.47 Å². The summed E-state index contributed by atoms with van der Waals surface area (Å²) < 4.78 is 10.9. The molecule has 0 radical (unpaired) electrons. The number of methoxy groups -OCH3 is 1. The van der Waals surface area contributed by atoms with E-state index < -0.39 is 0 Å². The molecule has 0 aliphatic carbocycles. The van der Waals surface area contributed by atoms with E-state index in [4.69, 9.17) is 14.5 Å². The molecule has 7 heteroatoms. The van der Waals surface area contributed by atoms with Crippen LogP contribution in [-0.4, -0.2) is 63.9 Å². The molecule has 0 amide bonds. The first-order valence-corrected chi connectivity index (χ1v) is 12.4. The molecule has 1 fully saturated rings. The first-order valence-electron chi connectivity index (χ1n) is 11.5. The fraction of sp³-hybridized carbons (Fsp3) is 0.423. The van der Waals surface area contributed by atoms with Gasteiger partial charge in [-0.15, -0.1) is 11.3 Å². The molecule has 33 heavy (non-hydrogen) atoms. The Balaban J connectivity index is 1.51. The van der Waals surface area contributed by atoms with E-state index in [0.717, 1.165) is 63.2 Å². The SMILES string of the molecule is COc1cccc(CN(Cc2cccc(N(C)C)c2)c2nc(CCN3CCOCC3)cs2)c1. The molecule has 176 valence electrons. The maximum atomic E-state index is 5.47. The van der Waals surface area contributed by atoms with Gasteiger partial charge in [-0.05, 0) is 35.4 Å². The molecule has 1 saturated heterocycles. The number of nitrogens with zero attached hydrogens (tertiary/aromatic N) is 4. The monoisotopic (exact) mass is 466 g/mol. The van der Waals surface area contributed by atoms with E-state index >= 15 is 0 Å². The van der Waals surface area contributed by atoms with Gasteiger partial charge in [0.1, 0.15) is 5.75 Å². The van der Waals surface area contributed by atoms with E-state index in [2.05, 4.69) is 76.6 Å². The van der Waals surface area contributed by atoms with Gasteiger partial charge in [0.2, 0.25) is 0 Å². The first kappa shape index (κ1) is 23.5. The molecule has 0 spiro atoms. The van der Waals surface area contributed by atoms with Crippen LogP contribution in [0.4, 0.5) is 10.8 Å². The van der Waals surface area contributed by atoms with Gasteiger partial charge in [0.05, 0.1) is 26.0 Å². The second kappa shape index (κ2) is 11.5. The number of thiazole rings is 1. The van der Waals surface area contributed by atoms with Crippen molar-refractivity contribution in [3.8, 4) is 5.75 Å². The molecule has 2 heterocycles. The molecule has 1 aliphatic heterocycles. The van der Waals surface area contributed by atoms with Crippen molar-refractivity contribution in [2.45, 2.75) is 19.5 Å². The average molecular weight is 467 g/mol. The van der Waals surface area contributed by atoms with Gasteiger partial charge >= 0.3 is 0 Å². The minimum absolute atomic E-state index is 0.778. The standard InChI is InChI=1S/C26H34N4O2S/c1-28(2)24-8-4-6-21(16-24)18-30(19-22-7-5-9-25(17-22)31-3)26-27-23(20-33-26)10-11-29-12-14-32-15-13-29/h4-9,16-17,20H,10-15,18-19H2,1-3H3. The Hall–Kier alpha value is -2.61. The second-order valence-electron chi connectivity index (χ2n) is 8.60. The molecule has 4 rings (SSSR count). The molecule has 0 bridgehead atoms. The van der Waals surface area contributed by atoms with Crippen molar-refractivity contribution in [3.05, 3.63) is 70.7 Å². The van der Waals surface area contributed by atoms with Crippen LogP contribution < -0.4 is 14.5 Å². The zero-order chi connectivity index (χ0) is 23.0. The third kappa shape index (κ3) is 6.69. The molecule has 0 atom stereocenters. The Labute approximate surface area is 201 Å². The zero-order valence-corrected chi connectivity index (χ0v) is 20.7. The van der Waals surface area contributed by atoms with Gasteiger partial charge in [-0.1, -0.05) is 24.3 Å². The van der Waals surface area contributed by atoms with Crippen molar-refractivity contribution in [1.82, 2.24) is 9.88 Å².